The number of ether oxygens (including phenoxy) is 1. The molecule has 0 saturated carbocycles. The van der Waals surface area contributed by atoms with E-state index in [1.165, 1.54) is 7.11 Å². The Labute approximate surface area is 154 Å². The highest BCUT2D eigenvalue weighted by molar-refractivity contribution is 5.85. The maximum absolute atomic E-state index is 12.2. The van der Waals surface area contributed by atoms with Crippen LogP contribution < -0.4 is 4.90 Å². The van der Waals surface area contributed by atoms with E-state index in [0.717, 1.165) is 44.3 Å². The number of carbonyl (C=O) groups is 1. The Kier molecular flexibility index (Phi) is 7.34. The number of fused-ring (bicyclic) bond motifs is 1. The lowest BCUT2D eigenvalue weighted by molar-refractivity contribution is -0.141. The van der Waals surface area contributed by atoms with Crippen LogP contribution in [-0.4, -0.2) is 36.1 Å². The van der Waals surface area contributed by atoms with E-state index in [-0.39, 0.29) is 0 Å². The van der Waals surface area contributed by atoms with Gasteiger partial charge in [-0.25, -0.2) is 9.97 Å². The van der Waals surface area contributed by atoms with Gasteiger partial charge in [0.25, 0.3) is 0 Å². The zero-order chi connectivity index (χ0) is 18.9. The molecule has 0 amide bonds. The average Bonchev–Trinajstić information content (AvgIpc) is 2.68. The van der Waals surface area contributed by atoms with Crippen LogP contribution >= 0.6 is 0 Å². The molecule has 0 aliphatic heterocycles. The summed E-state index contributed by atoms with van der Waals surface area (Å²) >= 11 is 0. The topological polar surface area (TPSA) is 79.1 Å². The Hall–Kier alpha value is -2.68. The lowest BCUT2D eigenvalue weighted by atomic mass is 10.1. The van der Waals surface area contributed by atoms with Gasteiger partial charge in [0.2, 0.25) is 0 Å². The lowest BCUT2D eigenvalue weighted by Crippen LogP contribution is -2.29. The number of aromatic nitrogens is 2. The molecule has 0 aliphatic carbocycles. The summed E-state index contributed by atoms with van der Waals surface area (Å²) in [6.07, 6.45) is 4.12. The number of hydrogen-bond donors (Lipinski definition) is 0. The van der Waals surface area contributed by atoms with Crippen LogP contribution in [0.3, 0.4) is 0 Å². The first kappa shape index (κ1) is 19.6. The summed E-state index contributed by atoms with van der Waals surface area (Å²) in [5, 5.41) is 9.57. The number of nitrogens with zero attached hydrogens (tertiary/aromatic N) is 4. The lowest BCUT2D eigenvalue weighted by Gasteiger charge is -2.26. The molecule has 0 N–H and O–H groups in total. The van der Waals surface area contributed by atoms with E-state index in [2.05, 4.69) is 23.7 Å². The van der Waals surface area contributed by atoms with Crippen molar-refractivity contribution in [2.75, 3.05) is 25.1 Å². The predicted octanol–water partition coefficient (Wildman–Crippen LogP) is 3.82. The number of esters is 1. The Morgan fingerprint density at radius 2 is 1.73 bits per heavy atom. The zero-order valence-electron chi connectivity index (χ0n) is 15.7. The number of para-hydroxylation sites is 2. The third-order valence-electron chi connectivity index (χ3n) is 4.28. The first-order valence-corrected chi connectivity index (χ1v) is 9.15. The molecule has 0 bridgehead atoms. The first-order chi connectivity index (χ1) is 12.7. The number of unbranched alkanes of at least 4 members (excludes halogenated alkanes) is 2. The second kappa shape index (κ2) is 9.71. The summed E-state index contributed by atoms with van der Waals surface area (Å²) in [7, 11) is 1.28. The van der Waals surface area contributed by atoms with Gasteiger partial charge in [0, 0.05) is 13.1 Å². The number of benzene rings is 1. The maximum atomic E-state index is 12.2. The maximum Gasteiger partial charge on any atom is 0.329 e. The van der Waals surface area contributed by atoms with Crippen molar-refractivity contribution in [1.29, 1.82) is 5.26 Å². The number of nitriles is 1. The monoisotopic (exact) mass is 354 g/mol. The number of carbonyl (C=O) groups excluding carboxylic acids is 1. The molecule has 6 heteroatoms. The van der Waals surface area contributed by atoms with Gasteiger partial charge >= 0.3 is 5.97 Å². The number of hydrogen-bond acceptors (Lipinski definition) is 6. The molecule has 138 valence electrons. The summed E-state index contributed by atoms with van der Waals surface area (Å²) < 4.78 is 4.82. The molecule has 0 unspecified atom stereocenters. The van der Waals surface area contributed by atoms with Crippen LogP contribution in [-0.2, 0) is 9.53 Å². The van der Waals surface area contributed by atoms with E-state index in [1.54, 1.807) is 0 Å². The van der Waals surface area contributed by atoms with E-state index in [1.807, 2.05) is 30.3 Å². The van der Waals surface area contributed by atoms with E-state index >= 15 is 0 Å². The standard InChI is InChI=1S/C20H26N4O2/c1-4-6-12-24(13-7-5-2)19-18(15(14-21)20(25)26-3)22-16-10-8-9-11-17(16)23-19/h8-11,15H,4-7,12-13H2,1-3H3/t15-/m0/s1. The van der Waals surface area contributed by atoms with Gasteiger partial charge in [0.15, 0.2) is 11.7 Å². The largest absolute Gasteiger partial charge is 0.468 e. The molecule has 0 fully saturated rings. The van der Waals surface area contributed by atoms with Crippen molar-refractivity contribution in [3.63, 3.8) is 0 Å². The molecule has 1 aromatic heterocycles. The molecular weight excluding hydrogens is 328 g/mol. The molecule has 0 aliphatic rings. The molecule has 1 atom stereocenters. The fourth-order valence-electron chi connectivity index (χ4n) is 2.80. The van der Waals surface area contributed by atoms with E-state index in [0.29, 0.717) is 17.0 Å². The summed E-state index contributed by atoms with van der Waals surface area (Å²) in [6.45, 7) is 5.90. The highest BCUT2D eigenvalue weighted by Crippen LogP contribution is 2.28. The fourth-order valence-corrected chi connectivity index (χ4v) is 2.80. The molecule has 0 spiro atoms. The van der Waals surface area contributed by atoms with Crippen LogP contribution in [0.4, 0.5) is 5.82 Å². The second-order valence-corrected chi connectivity index (χ2v) is 6.20. The minimum atomic E-state index is -1.09. The van der Waals surface area contributed by atoms with Crippen LogP contribution in [0.5, 0.6) is 0 Å². The zero-order valence-corrected chi connectivity index (χ0v) is 15.7. The van der Waals surface area contributed by atoms with E-state index < -0.39 is 11.9 Å². The third kappa shape index (κ3) is 4.48. The van der Waals surface area contributed by atoms with Crippen molar-refractivity contribution >= 4 is 22.8 Å². The van der Waals surface area contributed by atoms with Crippen LogP contribution in [0.1, 0.15) is 51.1 Å². The normalized spacial score (nSPS) is 11.8. The number of anilines is 1. The molecular formula is C20H26N4O2. The Balaban J connectivity index is 2.60. The SMILES string of the molecule is CCCCN(CCCC)c1nc2ccccc2nc1[C@H](C#N)C(=O)OC. The van der Waals surface area contributed by atoms with Crippen molar-refractivity contribution in [3.8, 4) is 6.07 Å². The van der Waals surface area contributed by atoms with Gasteiger partial charge in [-0.15, -0.1) is 0 Å². The molecule has 2 aromatic rings. The second-order valence-electron chi connectivity index (χ2n) is 6.20. The molecule has 0 saturated heterocycles. The smallest absolute Gasteiger partial charge is 0.329 e. The van der Waals surface area contributed by atoms with Crippen LogP contribution in [0.15, 0.2) is 24.3 Å². The third-order valence-corrected chi connectivity index (χ3v) is 4.28. The van der Waals surface area contributed by atoms with Gasteiger partial charge in [-0.3, -0.25) is 4.79 Å². The van der Waals surface area contributed by atoms with Gasteiger partial charge < -0.3 is 9.64 Å². The number of rotatable bonds is 9. The van der Waals surface area contributed by atoms with Crippen molar-refractivity contribution in [2.45, 2.75) is 45.4 Å². The van der Waals surface area contributed by atoms with E-state index in [4.69, 9.17) is 9.72 Å². The van der Waals surface area contributed by atoms with Crippen LogP contribution in [0.2, 0.25) is 0 Å². The van der Waals surface area contributed by atoms with E-state index in [9.17, 15) is 10.1 Å². The summed E-state index contributed by atoms with van der Waals surface area (Å²) in [5.74, 6) is -1.08. The van der Waals surface area contributed by atoms with Crippen molar-refractivity contribution in [1.82, 2.24) is 9.97 Å². The highest BCUT2D eigenvalue weighted by atomic mass is 16.5. The van der Waals surface area contributed by atoms with Gasteiger partial charge in [-0.2, -0.15) is 5.26 Å². The fraction of sp³-hybridized carbons (Fsp3) is 0.500. The van der Waals surface area contributed by atoms with Gasteiger partial charge in [-0.05, 0) is 25.0 Å². The predicted molar refractivity (Wildman–Crippen MR) is 102 cm³/mol. The highest BCUT2D eigenvalue weighted by Gasteiger charge is 2.29. The molecule has 1 aromatic carbocycles. The van der Waals surface area contributed by atoms with Crippen molar-refractivity contribution in [3.05, 3.63) is 30.0 Å². The van der Waals surface area contributed by atoms with Crippen LogP contribution in [0, 0.1) is 11.3 Å². The van der Waals surface area contributed by atoms with Crippen molar-refractivity contribution < 1.29 is 9.53 Å². The Morgan fingerprint density at radius 3 is 2.23 bits per heavy atom. The van der Waals surface area contributed by atoms with Gasteiger partial charge in [0.05, 0.1) is 24.2 Å². The average molecular weight is 354 g/mol. The van der Waals surface area contributed by atoms with Crippen LogP contribution in [0.25, 0.3) is 11.0 Å². The minimum Gasteiger partial charge on any atom is -0.468 e. The van der Waals surface area contributed by atoms with Crippen molar-refractivity contribution in [2.24, 2.45) is 0 Å². The summed E-state index contributed by atoms with van der Waals surface area (Å²) in [5.41, 5.74) is 1.80. The molecule has 26 heavy (non-hydrogen) atoms. The minimum absolute atomic E-state index is 0.380. The quantitative estimate of drug-likeness (QED) is 0.637. The molecule has 0 radical (unpaired) electrons. The molecule has 6 nitrogen and oxygen atoms in total. The van der Waals surface area contributed by atoms with Gasteiger partial charge in [0.1, 0.15) is 5.69 Å². The first-order valence-electron chi connectivity index (χ1n) is 9.15. The molecule has 2 rings (SSSR count). The summed E-state index contributed by atoms with van der Waals surface area (Å²) in [6, 6.07) is 9.55. The summed E-state index contributed by atoms with van der Waals surface area (Å²) in [4.78, 5) is 23.7. The van der Waals surface area contributed by atoms with Gasteiger partial charge in [-0.1, -0.05) is 38.8 Å². The Morgan fingerprint density at radius 1 is 1.15 bits per heavy atom. The Bertz CT molecular complexity index is 777. The number of methoxy groups -OCH3 is 1. The molecule has 1 heterocycles.